The summed E-state index contributed by atoms with van der Waals surface area (Å²) in [5.74, 6) is 1.62. The average molecular weight is 138 g/mol. The van der Waals surface area contributed by atoms with E-state index in [0.29, 0.717) is 11.3 Å². The number of hydrogen-bond acceptors (Lipinski definition) is 1. The summed E-state index contributed by atoms with van der Waals surface area (Å²) in [6, 6.07) is 0. The first kappa shape index (κ1) is 5.59. The first-order chi connectivity index (χ1) is 4.83. The average Bonchev–Trinajstić information content (AvgIpc) is 2.51. The van der Waals surface area contributed by atoms with E-state index >= 15 is 0 Å². The van der Waals surface area contributed by atoms with E-state index in [1.54, 1.807) is 0 Å². The molecule has 3 aliphatic rings. The van der Waals surface area contributed by atoms with E-state index in [0.717, 1.165) is 5.92 Å². The van der Waals surface area contributed by atoms with E-state index < -0.39 is 0 Å². The molecule has 0 unspecified atom stereocenters. The zero-order valence-electron chi connectivity index (χ0n) is 6.21. The molecule has 2 bridgehead atoms. The van der Waals surface area contributed by atoms with Crippen LogP contribution in [0.3, 0.4) is 0 Å². The molecule has 0 amide bonds. The molecular weight excluding hydrogens is 124 g/mol. The van der Waals surface area contributed by atoms with Gasteiger partial charge in [-0.2, -0.15) is 0 Å². The Morgan fingerprint density at radius 1 is 1.20 bits per heavy atom. The van der Waals surface area contributed by atoms with Gasteiger partial charge in [-0.25, -0.2) is 0 Å². The quantitative estimate of drug-likeness (QED) is 0.538. The summed E-state index contributed by atoms with van der Waals surface area (Å²) >= 11 is 0. The van der Waals surface area contributed by atoms with Crippen molar-refractivity contribution >= 4 is 0 Å². The van der Waals surface area contributed by atoms with Gasteiger partial charge in [0, 0.05) is 0 Å². The summed E-state index contributed by atoms with van der Waals surface area (Å²) in [7, 11) is 0. The third-order valence-corrected chi connectivity index (χ3v) is 4.15. The summed E-state index contributed by atoms with van der Waals surface area (Å²) in [5.41, 5.74) is 0.475. The second-order valence-electron chi connectivity index (χ2n) is 4.45. The largest absolute Gasteiger partial charge is 0.392 e. The molecule has 3 rings (SSSR count). The lowest BCUT2D eigenvalue weighted by Crippen LogP contribution is -2.28. The Hall–Kier alpha value is -0.0400. The van der Waals surface area contributed by atoms with Crippen molar-refractivity contribution in [2.45, 2.75) is 38.2 Å². The Morgan fingerprint density at radius 3 is 2.40 bits per heavy atom. The summed E-state index contributed by atoms with van der Waals surface area (Å²) in [6.45, 7) is 0. The van der Waals surface area contributed by atoms with E-state index in [4.69, 9.17) is 0 Å². The number of hydrogen-bond donors (Lipinski definition) is 1. The summed E-state index contributed by atoms with van der Waals surface area (Å²) in [6.07, 6.45) is 6.84. The van der Waals surface area contributed by atoms with E-state index in [2.05, 4.69) is 0 Å². The van der Waals surface area contributed by atoms with Crippen LogP contribution in [-0.2, 0) is 0 Å². The molecule has 3 atom stereocenters. The Labute approximate surface area is 61.4 Å². The molecule has 56 valence electrons. The molecule has 0 radical (unpaired) electrons. The van der Waals surface area contributed by atoms with Gasteiger partial charge in [0.25, 0.3) is 0 Å². The minimum absolute atomic E-state index is 0.103. The molecule has 1 heteroatoms. The van der Waals surface area contributed by atoms with Crippen molar-refractivity contribution in [3.05, 3.63) is 0 Å². The van der Waals surface area contributed by atoms with Gasteiger partial charge < -0.3 is 5.11 Å². The third kappa shape index (κ3) is 0.430. The topological polar surface area (TPSA) is 20.2 Å². The van der Waals surface area contributed by atoms with Crippen LogP contribution in [-0.4, -0.2) is 11.2 Å². The highest BCUT2D eigenvalue weighted by Crippen LogP contribution is 2.68. The first-order valence-corrected chi connectivity index (χ1v) is 4.51. The van der Waals surface area contributed by atoms with Gasteiger partial charge in [-0.1, -0.05) is 0 Å². The minimum Gasteiger partial charge on any atom is -0.392 e. The Kier molecular flexibility index (Phi) is 0.797. The highest BCUT2D eigenvalue weighted by molar-refractivity contribution is 5.13. The Balaban J connectivity index is 1.99. The summed E-state index contributed by atoms with van der Waals surface area (Å²) in [5, 5.41) is 9.81. The van der Waals surface area contributed by atoms with Gasteiger partial charge in [-0.15, -0.1) is 0 Å². The fourth-order valence-corrected chi connectivity index (χ4v) is 3.38. The number of fused-ring (bicyclic) bond motifs is 3. The molecule has 3 fully saturated rings. The molecule has 0 aliphatic heterocycles. The lowest BCUT2D eigenvalue weighted by molar-refractivity contribution is 0.0442. The van der Waals surface area contributed by atoms with Crippen LogP contribution in [0.15, 0.2) is 0 Å². The lowest BCUT2D eigenvalue weighted by Gasteiger charge is -2.26. The van der Waals surface area contributed by atoms with Gasteiger partial charge in [-0.3, -0.25) is 0 Å². The van der Waals surface area contributed by atoms with E-state index in [-0.39, 0.29) is 6.10 Å². The second-order valence-corrected chi connectivity index (χ2v) is 4.45. The van der Waals surface area contributed by atoms with Crippen molar-refractivity contribution in [1.29, 1.82) is 0 Å². The van der Waals surface area contributed by atoms with Gasteiger partial charge in [0.2, 0.25) is 0 Å². The molecule has 3 saturated carbocycles. The number of aliphatic hydroxyl groups excluding tert-OH is 1. The highest BCUT2D eigenvalue weighted by atomic mass is 16.3. The van der Waals surface area contributed by atoms with E-state index in [1.807, 2.05) is 0 Å². The maximum absolute atomic E-state index is 9.81. The molecule has 0 heterocycles. The van der Waals surface area contributed by atoms with Gasteiger partial charge in [0.05, 0.1) is 6.10 Å². The highest BCUT2D eigenvalue weighted by Gasteiger charge is 2.63. The summed E-state index contributed by atoms with van der Waals surface area (Å²) in [4.78, 5) is 0. The molecule has 1 spiro atoms. The minimum atomic E-state index is 0.103. The molecule has 0 aromatic carbocycles. The Morgan fingerprint density at radius 2 is 2.00 bits per heavy atom. The maximum Gasteiger partial charge on any atom is 0.0627 e. The fraction of sp³-hybridized carbons (Fsp3) is 1.00. The summed E-state index contributed by atoms with van der Waals surface area (Å²) < 4.78 is 0. The van der Waals surface area contributed by atoms with Gasteiger partial charge >= 0.3 is 0 Å². The molecule has 1 N–H and O–H groups in total. The van der Waals surface area contributed by atoms with E-state index in [1.165, 1.54) is 32.1 Å². The zero-order valence-corrected chi connectivity index (χ0v) is 6.21. The zero-order chi connectivity index (χ0) is 6.77. The molecule has 3 aliphatic carbocycles. The maximum atomic E-state index is 9.81. The van der Waals surface area contributed by atoms with Crippen molar-refractivity contribution in [3.8, 4) is 0 Å². The standard InChI is InChI=1S/C9H14O/c10-8-6-1-2-7(5-6)9(8)3-4-9/h6-8,10H,1-5H2/t6-,7+,8+/m0/s1. The van der Waals surface area contributed by atoms with Crippen molar-refractivity contribution < 1.29 is 5.11 Å². The first-order valence-electron chi connectivity index (χ1n) is 4.51. The van der Waals surface area contributed by atoms with Crippen molar-refractivity contribution in [1.82, 2.24) is 0 Å². The van der Waals surface area contributed by atoms with Crippen LogP contribution in [0.2, 0.25) is 0 Å². The number of rotatable bonds is 0. The predicted octanol–water partition coefficient (Wildman–Crippen LogP) is 1.56. The van der Waals surface area contributed by atoms with Crippen LogP contribution in [0.4, 0.5) is 0 Å². The monoisotopic (exact) mass is 138 g/mol. The van der Waals surface area contributed by atoms with Gasteiger partial charge in [-0.05, 0) is 49.4 Å². The molecular formula is C9H14O. The molecule has 0 aromatic heterocycles. The predicted molar refractivity (Wildman–Crippen MR) is 38.5 cm³/mol. The van der Waals surface area contributed by atoms with Crippen LogP contribution in [0, 0.1) is 17.3 Å². The smallest absolute Gasteiger partial charge is 0.0627 e. The Bertz CT molecular complexity index is 168. The fourth-order valence-electron chi connectivity index (χ4n) is 3.38. The van der Waals surface area contributed by atoms with E-state index in [9.17, 15) is 5.11 Å². The molecule has 0 saturated heterocycles. The van der Waals surface area contributed by atoms with Gasteiger partial charge in [0.15, 0.2) is 0 Å². The lowest BCUT2D eigenvalue weighted by atomic mass is 9.83. The van der Waals surface area contributed by atoms with Crippen LogP contribution in [0.1, 0.15) is 32.1 Å². The SMILES string of the molecule is O[C@@H]1[C@H]2CC[C@H](C2)C12CC2. The van der Waals surface area contributed by atoms with Crippen LogP contribution >= 0.6 is 0 Å². The second kappa shape index (κ2) is 1.42. The van der Waals surface area contributed by atoms with Crippen LogP contribution in [0.25, 0.3) is 0 Å². The van der Waals surface area contributed by atoms with Crippen molar-refractivity contribution in [2.75, 3.05) is 0 Å². The van der Waals surface area contributed by atoms with Crippen LogP contribution < -0.4 is 0 Å². The van der Waals surface area contributed by atoms with Crippen molar-refractivity contribution in [2.24, 2.45) is 17.3 Å². The normalized spacial score (nSPS) is 54.3. The van der Waals surface area contributed by atoms with Crippen LogP contribution in [0.5, 0.6) is 0 Å². The number of aliphatic hydroxyl groups is 1. The third-order valence-electron chi connectivity index (χ3n) is 4.15. The molecule has 1 nitrogen and oxygen atoms in total. The molecule has 10 heavy (non-hydrogen) atoms. The van der Waals surface area contributed by atoms with Crippen molar-refractivity contribution in [3.63, 3.8) is 0 Å². The van der Waals surface area contributed by atoms with Gasteiger partial charge in [0.1, 0.15) is 0 Å². The molecule has 0 aromatic rings.